The number of rotatable bonds is 3. The molecule has 8 heteroatoms. The van der Waals surface area contributed by atoms with Crippen LogP contribution in [0.4, 0.5) is 4.79 Å². The van der Waals surface area contributed by atoms with Crippen LogP contribution in [-0.4, -0.2) is 34.7 Å². The smallest absolute Gasteiger partial charge is 0.412 e. The van der Waals surface area contributed by atoms with Crippen LogP contribution in [0, 0.1) is 0 Å². The van der Waals surface area contributed by atoms with Crippen molar-refractivity contribution in [2.45, 2.75) is 31.7 Å². The van der Waals surface area contributed by atoms with Crippen LogP contribution in [0.25, 0.3) is 0 Å². The van der Waals surface area contributed by atoms with Gasteiger partial charge in [-0.25, -0.2) is 9.59 Å². The first-order valence-corrected chi connectivity index (χ1v) is 8.47. The lowest BCUT2D eigenvalue weighted by molar-refractivity contribution is -0.134. The average molecular weight is 371 g/mol. The van der Waals surface area contributed by atoms with Crippen molar-refractivity contribution >= 4 is 35.4 Å². The number of alkyl carbamates (subject to hydrolysis) is 1. The lowest BCUT2D eigenvalue weighted by Gasteiger charge is -2.22. The fraction of sp³-hybridized carbons (Fsp3) is 0.375. The Hall–Kier alpha value is -1.86. The van der Waals surface area contributed by atoms with Crippen molar-refractivity contribution in [2.24, 2.45) is 0 Å². The molecular formula is C16H19ClN2O4S. The molecule has 1 unspecified atom stereocenters. The highest BCUT2D eigenvalue weighted by Crippen LogP contribution is 2.45. The fourth-order valence-electron chi connectivity index (χ4n) is 2.18. The molecule has 2 rings (SSSR count). The number of carbonyl (C=O) groups excluding carboxylic acids is 1. The third kappa shape index (κ3) is 4.36. The predicted octanol–water partition coefficient (Wildman–Crippen LogP) is 3.80. The third-order valence-electron chi connectivity index (χ3n) is 3.12. The second kappa shape index (κ2) is 6.94. The highest BCUT2D eigenvalue weighted by Gasteiger charge is 2.36. The first kappa shape index (κ1) is 18.5. The fourth-order valence-corrected chi connectivity index (χ4v) is 3.57. The summed E-state index contributed by atoms with van der Waals surface area (Å²) in [6.07, 6.45) is -0.686. The molecule has 1 aromatic rings. The van der Waals surface area contributed by atoms with Crippen molar-refractivity contribution in [1.82, 2.24) is 10.2 Å². The lowest BCUT2D eigenvalue weighted by atomic mass is 10.2. The Balaban J connectivity index is 2.23. The quantitative estimate of drug-likeness (QED) is 0.842. The number of ether oxygens (including phenoxy) is 1. The Bertz CT molecular complexity index is 682. The number of carboxylic acids is 1. The minimum Gasteiger partial charge on any atom is -0.476 e. The van der Waals surface area contributed by atoms with Crippen molar-refractivity contribution in [3.8, 4) is 0 Å². The second-order valence-corrected chi connectivity index (χ2v) is 7.77. The maximum absolute atomic E-state index is 12.0. The Morgan fingerprint density at radius 2 is 1.88 bits per heavy atom. The molecule has 0 spiro atoms. The van der Waals surface area contributed by atoms with E-state index in [1.54, 1.807) is 44.9 Å². The number of likely N-dealkylation sites (N-methyl/N-ethyl adjacent to an activating group) is 1. The Labute approximate surface area is 149 Å². The van der Waals surface area contributed by atoms with Gasteiger partial charge in [0, 0.05) is 12.1 Å². The molecule has 1 aromatic carbocycles. The Kier molecular flexibility index (Phi) is 5.35. The normalized spacial score (nSPS) is 17.9. The summed E-state index contributed by atoms with van der Waals surface area (Å²) in [7, 11) is 1.67. The zero-order valence-corrected chi connectivity index (χ0v) is 15.4. The minimum absolute atomic E-state index is 0.0193. The molecule has 0 radical (unpaired) electrons. The molecule has 0 saturated heterocycles. The van der Waals surface area contributed by atoms with E-state index in [-0.39, 0.29) is 16.1 Å². The number of halogens is 1. The molecular weight excluding hydrogens is 352 g/mol. The standard InChI is InChI=1S/C16H19ClN2O4S/c1-16(2,3)23-15(22)18-12-11(14(20)21)19(4)13(24-12)9-5-7-10(17)8-6-9/h5-8,13H,1-4H3,(H,18,22)(H,20,21). The van der Waals surface area contributed by atoms with E-state index >= 15 is 0 Å². The van der Waals surface area contributed by atoms with Gasteiger partial charge in [-0.2, -0.15) is 0 Å². The summed E-state index contributed by atoms with van der Waals surface area (Å²) >= 11 is 7.13. The number of amides is 1. The van der Waals surface area contributed by atoms with E-state index in [9.17, 15) is 14.7 Å². The van der Waals surface area contributed by atoms with Crippen LogP contribution in [0.1, 0.15) is 31.7 Å². The van der Waals surface area contributed by atoms with Gasteiger partial charge in [0.2, 0.25) is 0 Å². The molecule has 2 N–H and O–H groups in total. The maximum Gasteiger partial charge on any atom is 0.412 e. The summed E-state index contributed by atoms with van der Waals surface area (Å²) in [6, 6.07) is 7.13. The van der Waals surface area contributed by atoms with E-state index in [4.69, 9.17) is 16.3 Å². The van der Waals surface area contributed by atoms with Crippen molar-refractivity contribution in [2.75, 3.05) is 7.05 Å². The predicted molar refractivity (Wildman–Crippen MR) is 93.6 cm³/mol. The Morgan fingerprint density at radius 3 is 2.38 bits per heavy atom. The van der Waals surface area contributed by atoms with Crippen LogP contribution >= 0.6 is 23.4 Å². The number of carbonyl (C=O) groups is 2. The first-order valence-electron chi connectivity index (χ1n) is 7.21. The number of nitrogens with zero attached hydrogens (tertiary/aromatic N) is 1. The van der Waals surface area contributed by atoms with Crippen molar-refractivity contribution in [3.63, 3.8) is 0 Å². The summed E-state index contributed by atoms with van der Waals surface area (Å²) < 4.78 is 5.19. The molecule has 1 aliphatic heterocycles. The number of benzene rings is 1. The summed E-state index contributed by atoms with van der Waals surface area (Å²) in [4.78, 5) is 25.2. The largest absolute Gasteiger partial charge is 0.476 e. The van der Waals surface area contributed by atoms with Crippen LogP contribution in [0.5, 0.6) is 0 Å². The van der Waals surface area contributed by atoms with Crippen molar-refractivity contribution < 1.29 is 19.4 Å². The lowest BCUT2D eigenvalue weighted by Crippen LogP contribution is -2.32. The van der Waals surface area contributed by atoms with E-state index < -0.39 is 17.7 Å². The van der Waals surface area contributed by atoms with Gasteiger partial charge in [0.05, 0.1) is 0 Å². The molecule has 0 aromatic heterocycles. The van der Waals surface area contributed by atoms with Crippen molar-refractivity contribution in [1.29, 1.82) is 0 Å². The second-order valence-electron chi connectivity index (χ2n) is 6.24. The number of nitrogens with one attached hydrogen (secondary N) is 1. The molecule has 1 atom stereocenters. The van der Waals surface area contributed by atoms with Crippen LogP contribution in [-0.2, 0) is 9.53 Å². The van der Waals surface area contributed by atoms with E-state index in [2.05, 4.69) is 5.32 Å². The average Bonchev–Trinajstić information content (AvgIpc) is 2.74. The molecule has 0 aliphatic carbocycles. The van der Waals surface area contributed by atoms with E-state index in [1.807, 2.05) is 12.1 Å². The van der Waals surface area contributed by atoms with E-state index in [0.717, 1.165) is 5.56 Å². The van der Waals surface area contributed by atoms with Crippen LogP contribution in [0.15, 0.2) is 35.0 Å². The molecule has 0 fully saturated rings. The number of carboxylic acid groups (broad SMARTS) is 1. The van der Waals surface area contributed by atoms with Gasteiger partial charge in [-0.15, -0.1) is 0 Å². The number of hydrogen-bond donors (Lipinski definition) is 2. The maximum atomic E-state index is 12.0. The zero-order chi connectivity index (χ0) is 18.1. The molecule has 0 bridgehead atoms. The van der Waals surface area contributed by atoms with E-state index in [1.165, 1.54) is 11.8 Å². The van der Waals surface area contributed by atoms with Gasteiger partial charge in [0.1, 0.15) is 16.0 Å². The monoisotopic (exact) mass is 370 g/mol. The van der Waals surface area contributed by atoms with Crippen LogP contribution in [0.2, 0.25) is 5.02 Å². The first-order chi connectivity index (χ1) is 11.1. The SMILES string of the molecule is CN1C(C(=O)O)=C(NC(=O)OC(C)(C)C)SC1c1ccc(Cl)cc1. The molecule has 1 aliphatic rings. The summed E-state index contributed by atoms with van der Waals surface area (Å²) in [5.74, 6) is -1.12. The highest BCUT2D eigenvalue weighted by molar-refractivity contribution is 8.03. The highest BCUT2D eigenvalue weighted by atomic mass is 35.5. The van der Waals surface area contributed by atoms with Gasteiger partial charge in [-0.3, -0.25) is 5.32 Å². The van der Waals surface area contributed by atoms with Crippen LogP contribution < -0.4 is 5.32 Å². The zero-order valence-electron chi connectivity index (χ0n) is 13.8. The topological polar surface area (TPSA) is 78.9 Å². The van der Waals surface area contributed by atoms with Gasteiger partial charge < -0.3 is 14.7 Å². The summed E-state index contributed by atoms with van der Waals surface area (Å²) in [5.41, 5.74) is 0.233. The number of hydrogen-bond acceptors (Lipinski definition) is 5. The molecule has 0 saturated carbocycles. The van der Waals surface area contributed by atoms with Gasteiger partial charge in [-0.1, -0.05) is 35.5 Å². The molecule has 130 valence electrons. The summed E-state index contributed by atoms with van der Waals surface area (Å²) in [6.45, 7) is 5.22. The minimum atomic E-state index is -1.12. The summed E-state index contributed by atoms with van der Waals surface area (Å²) in [5, 5.41) is 12.6. The molecule has 6 nitrogen and oxygen atoms in total. The Morgan fingerprint density at radius 1 is 1.29 bits per heavy atom. The molecule has 1 amide bonds. The van der Waals surface area contributed by atoms with Crippen molar-refractivity contribution in [3.05, 3.63) is 45.6 Å². The number of aliphatic carboxylic acids is 1. The van der Waals surface area contributed by atoms with Gasteiger partial charge >= 0.3 is 12.1 Å². The van der Waals surface area contributed by atoms with Gasteiger partial charge in [0.15, 0.2) is 5.70 Å². The van der Waals surface area contributed by atoms with Gasteiger partial charge in [0.25, 0.3) is 0 Å². The number of thioether (sulfide) groups is 1. The molecule has 1 heterocycles. The van der Waals surface area contributed by atoms with Gasteiger partial charge in [-0.05, 0) is 38.5 Å². The third-order valence-corrected chi connectivity index (χ3v) is 4.72. The van der Waals surface area contributed by atoms with Crippen LogP contribution in [0.3, 0.4) is 0 Å². The van der Waals surface area contributed by atoms with E-state index in [0.29, 0.717) is 5.02 Å². The molecule has 24 heavy (non-hydrogen) atoms.